The summed E-state index contributed by atoms with van der Waals surface area (Å²) in [6.07, 6.45) is 0. The maximum Gasteiger partial charge on any atom is 0.363 e. The number of thiazole rings is 1. The molecule has 20 heteroatoms. The van der Waals surface area contributed by atoms with Gasteiger partial charge in [0.15, 0.2) is 16.9 Å². The molecule has 1 aliphatic heterocycles. The van der Waals surface area contributed by atoms with Crippen LogP contribution in [-0.4, -0.2) is 82.4 Å². The highest BCUT2D eigenvalue weighted by atomic mass is 32.2. The molecule has 2 aromatic rings. The van der Waals surface area contributed by atoms with Gasteiger partial charge in [0.1, 0.15) is 18.3 Å². The number of non-ortho nitro benzene ring substituents is 1. The van der Waals surface area contributed by atoms with Crippen LogP contribution in [0.25, 0.3) is 0 Å². The molecule has 39 heavy (non-hydrogen) atoms. The topological polar surface area (TPSA) is 260 Å². The number of anilines is 1. The first-order chi connectivity index (χ1) is 18.3. The fourth-order valence-electron chi connectivity index (χ4n) is 3.09. The lowest BCUT2D eigenvalue weighted by atomic mass is 9.98. The predicted octanol–water partition coefficient (Wildman–Crippen LogP) is -1.23. The molecule has 0 aliphatic carbocycles. The van der Waals surface area contributed by atoms with Crippen molar-refractivity contribution in [2.75, 3.05) is 19.5 Å². The number of nitrogens with two attached hydrogens (primary N) is 1. The molecule has 0 spiro atoms. The number of rotatable bonds is 11. The number of esters is 2. The van der Waals surface area contributed by atoms with Gasteiger partial charge >= 0.3 is 22.2 Å². The van der Waals surface area contributed by atoms with Crippen molar-refractivity contribution < 1.29 is 51.4 Å². The molecule has 1 fully saturated rings. The number of nitrogen functional groups attached to an aromatic ring is 1. The Morgan fingerprint density at radius 2 is 1.97 bits per heavy atom. The van der Waals surface area contributed by atoms with Crippen molar-refractivity contribution >= 4 is 61.9 Å². The maximum absolute atomic E-state index is 12.9. The highest BCUT2D eigenvalue weighted by Gasteiger charge is 2.58. The van der Waals surface area contributed by atoms with Gasteiger partial charge in [0.2, 0.25) is 6.61 Å². The van der Waals surface area contributed by atoms with Crippen LogP contribution in [-0.2, 0) is 50.4 Å². The molecule has 0 saturated carbocycles. The van der Waals surface area contributed by atoms with Gasteiger partial charge in [0, 0.05) is 17.5 Å². The smallest absolute Gasteiger partial charge is 0.363 e. The van der Waals surface area contributed by atoms with Gasteiger partial charge in [-0.3, -0.25) is 24.3 Å². The maximum atomic E-state index is 12.9. The first-order valence-corrected chi connectivity index (χ1v) is 12.6. The molecule has 1 aliphatic rings. The summed E-state index contributed by atoms with van der Waals surface area (Å²) in [6, 6.07) is 1.54. The van der Waals surface area contributed by atoms with Crippen LogP contribution < -0.4 is 11.1 Å². The van der Waals surface area contributed by atoms with E-state index in [1.165, 1.54) is 29.6 Å². The lowest BCUT2D eigenvalue weighted by molar-refractivity contribution is -0.384. The zero-order chi connectivity index (χ0) is 28.9. The van der Waals surface area contributed by atoms with Crippen LogP contribution in [0.4, 0.5) is 10.8 Å². The van der Waals surface area contributed by atoms with Crippen LogP contribution in [0.5, 0.6) is 0 Å². The number of aromatic nitrogens is 1. The number of nitro benzene ring substituents is 1. The number of oxime groups is 1. The Kier molecular flexibility index (Phi) is 8.73. The molecule has 208 valence electrons. The summed E-state index contributed by atoms with van der Waals surface area (Å²) in [4.78, 5) is 67.9. The van der Waals surface area contributed by atoms with Gasteiger partial charge in [-0.1, -0.05) is 5.16 Å². The molecule has 1 aromatic carbocycles. The summed E-state index contributed by atoms with van der Waals surface area (Å²) in [5.74, 6) is -4.70. The molecule has 2 unspecified atom stereocenters. The Bertz CT molecular complexity index is 1440. The first kappa shape index (κ1) is 28.9. The Morgan fingerprint density at radius 1 is 1.31 bits per heavy atom. The fraction of sp³-hybridized carbons (Fsp3) is 0.263. The Balaban J connectivity index is 1.68. The zero-order valence-corrected chi connectivity index (χ0v) is 21.2. The van der Waals surface area contributed by atoms with Crippen molar-refractivity contribution in [2.24, 2.45) is 5.16 Å². The van der Waals surface area contributed by atoms with Crippen molar-refractivity contribution in [2.45, 2.75) is 18.7 Å². The molecule has 2 atom stereocenters. The third-order valence-electron chi connectivity index (χ3n) is 4.89. The largest absolute Gasteiger partial charge is 0.467 e. The van der Waals surface area contributed by atoms with Crippen molar-refractivity contribution in [3.05, 3.63) is 51.0 Å². The van der Waals surface area contributed by atoms with E-state index in [-0.39, 0.29) is 27.4 Å². The van der Waals surface area contributed by atoms with Crippen LogP contribution in [0.2, 0.25) is 0 Å². The Labute approximate surface area is 222 Å². The van der Waals surface area contributed by atoms with Crippen molar-refractivity contribution in [1.29, 1.82) is 0 Å². The van der Waals surface area contributed by atoms with E-state index < -0.39 is 63.4 Å². The molecule has 2 heterocycles. The van der Waals surface area contributed by atoms with E-state index in [1.54, 1.807) is 0 Å². The van der Waals surface area contributed by atoms with E-state index in [9.17, 15) is 42.3 Å². The molecule has 4 N–H and O–H groups in total. The summed E-state index contributed by atoms with van der Waals surface area (Å²) in [6.45, 7) is -1.05. The van der Waals surface area contributed by atoms with E-state index in [1.807, 2.05) is 0 Å². The van der Waals surface area contributed by atoms with E-state index in [0.29, 0.717) is 5.56 Å². The van der Waals surface area contributed by atoms with E-state index >= 15 is 0 Å². The van der Waals surface area contributed by atoms with Gasteiger partial charge in [-0.15, -0.1) is 11.3 Å². The Hall–Kier alpha value is -4.69. The predicted molar refractivity (Wildman–Crippen MR) is 128 cm³/mol. The Morgan fingerprint density at radius 3 is 2.51 bits per heavy atom. The number of carbonyl (C=O) groups excluding carboxylic acids is 4. The summed E-state index contributed by atoms with van der Waals surface area (Å²) >= 11 is 0.905. The van der Waals surface area contributed by atoms with Crippen LogP contribution in [0.1, 0.15) is 11.3 Å². The number of carbonyl (C=O) groups is 4. The highest BCUT2D eigenvalue weighted by molar-refractivity contribution is 7.84. The number of ether oxygens (including phenoxy) is 2. The van der Waals surface area contributed by atoms with Gasteiger partial charge < -0.3 is 25.4 Å². The molecule has 2 amide bonds. The second kappa shape index (κ2) is 11.8. The molecular weight excluding hydrogens is 568 g/mol. The van der Waals surface area contributed by atoms with E-state index in [0.717, 1.165) is 18.4 Å². The number of benzene rings is 1. The van der Waals surface area contributed by atoms with Crippen LogP contribution in [0.3, 0.4) is 0 Å². The summed E-state index contributed by atoms with van der Waals surface area (Å²) < 4.78 is 41.3. The SMILES string of the molecule is COC(=O)C1C(NC(=O)/C(=N\OCC(=O)OCc2ccc([N+](=O)[O-])cc2)c2csc(N)n2)C(=O)N1S(=O)(=O)O. The third-order valence-corrected chi connectivity index (χ3v) is 6.47. The lowest BCUT2D eigenvalue weighted by Gasteiger charge is -2.41. The minimum Gasteiger partial charge on any atom is -0.467 e. The molecule has 0 bridgehead atoms. The minimum atomic E-state index is -5.14. The molecule has 0 radical (unpaired) electrons. The fourth-order valence-corrected chi connectivity index (χ4v) is 4.48. The number of nitrogens with zero attached hydrogens (tertiary/aromatic N) is 4. The van der Waals surface area contributed by atoms with E-state index in [4.69, 9.17) is 15.3 Å². The minimum absolute atomic E-state index is 0.0118. The zero-order valence-electron chi connectivity index (χ0n) is 19.6. The number of hydrogen-bond acceptors (Lipinski definition) is 15. The van der Waals surface area contributed by atoms with Gasteiger partial charge in [0.25, 0.3) is 17.5 Å². The lowest BCUT2D eigenvalue weighted by Crippen LogP contribution is -2.74. The average Bonchev–Trinajstić information content (AvgIpc) is 3.31. The average molecular weight is 587 g/mol. The molecule has 1 aromatic heterocycles. The monoisotopic (exact) mass is 586 g/mol. The van der Waals surface area contributed by atoms with Crippen molar-refractivity contribution in [1.82, 2.24) is 14.6 Å². The number of hydrogen-bond donors (Lipinski definition) is 3. The van der Waals surface area contributed by atoms with Crippen LogP contribution >= 0.6 is 11.3 Å². The first-order valence-electron chi connectivity index (χ1n) is 10.3. The molecular formula is C19H18N6O12S2. The molecule has 3 rings (SSSR count). The standard InChI is InChI=1S/C19H18N6O12S2/c1-35-18(29)15-14(17(28)24(15)39(32,33)34)22-16(27)13(11-8-38-19(20)21-11)23-37-7-12(26)36-6-9-2-4-10(5-3-9)25(30)31/h2-5,8,14-15H,6-7H2,1H3,(H2,20,21)(H,22,27)(H,32,33,34)/b23-13-. The van der Waals surface area contributed by atoms with Crippen molar-refractivity contribution in [3.63, 3.8) is 0 Å². The molecule has 1 saturated heterocycles. The quantitative estimate of drug-likeness (QED) is 0.0695. The second-order valence-corrected chi connectivity index (χ2v) is 9.58. The number of methoxy groups -OCH3 is 1. The van der Waals surface area contributed by atoms with Crippen molar-refractivity contribution in [3.8, 4) is 0 Å². The number of β-lactam (4-membered cyclic amide) rings is 1. The highest BCUT2D eigenvalue weighted by Crippen LogP contribution is 2.25. The van der Waals surface area contributed by atoms with Gasteiger partial charge in [-0.25, -0.2) is 14.6 Å². The normalized spacial score (nSPS) is 17.1. The van der Waals surface area contributed by atoms with Gasteiger partial charge in [0.05, 0.1) is 12.0 Å². The van der Waals surface area contributed by atoms with Gasteiger partial charge in [-0.05, 0) is 17.7 Å². The van der Waals surface area contributed by atoms with Crippen LogP contribution in [0, 0.1) is 10.1 Å². The third kappa shape index (κ3) is 6.80. The number of nitro groups is 1. The van der Waals surface area contributed by atoms with Crippen LogP contribution in [0.15, 0.2) is 34.8 Å². The summed E-state index contributed by atoms with van der Waals surface area (Å²) in [5, 5.41) is 17.6. The van der Waals surface area contributed by atoms with Gasteiger partial charge in [-0.2, -0.15) is 12.7 Å². The summed E-state index contributed by atoms with van der Waals surface area (Å²) in [5.41, 5.74) is 5.11. The molecule has 18 nitrogen and oxygen atoms in total. The number of amides is 2. The summed E-state index contributed by atoms with van der Waals surface area (Å²) in [7, 11) is -4.25. The number of nitrogens with one attached hydrogen (secondary N) is 1. The van der Waals surface area contributed by atoms with E-state index in [2.05, 4.69) is 20.2 Å². The second-order valence-electron chi connectivity index (χ2n) is 7.40.